The number of hydrogen-bond acceptors (Lipinski definition) is 3. The second-order valence-corrected chi connectivity index (χ2v) is 4.97. The minimum atomic E-state index is 0.415. The van der Waals surface area contributed by atoms with Gasteiger partial charge in [-0.2, -0.15) is 5.11 Å². The molecule has 0 saturated heterocycles. The fraction of sp³-hybridized carbons (Fsp3) is 0.143. The van der Waals surface area contributed by atoms with Crippen molar-refractivity contribution in [3.05, 3.63) is 52.5 Å². The molecule has 0 bridgehead atoms. The van der Waals surface area contributed by atoms with E-state index >= 15 is 0 Å². The summed E-state index contributed by atoms with van der Waals surface area (Å²) in [6.07, 6.45) is 0. The SMILES string of the molecule is CN(C)c1ccc(N=Nc2cccc(Cl)c2Cl)cc1. The van der Waals surface area contributed by atoms with Crippen molar-refractivity contribution in [2.24, 2.45) is 10.2 Å². The number of nitrogens with zero attached hydrogens (tertiary/aromatic N) is 3. The van der Waals surface area contributed by atoms with Crippen molar-refractivity contribution >= 4 is 40.3 Å². The number of anilines is 1. The summed E-state index contributed by atoms with van der Waals surface area (Å²) >= 11 is 11.9. The van der Waals surface area contributed by atoms with Crippen LogP contribution in [0, 0.1) is 0 Å². The van der Waals surface area contributed by atoms with Gasteiger partial charge in [-0.15, -0.1) is 5.11 Å². The molecule has 2 rings (SSSR count). The molecule has 0 saturated carbocycles. The van der Waals surface area contributed by atoms with E-state index in [1.54, 1.807) is 18.2 Å². The van der Waals surface area contributed by atoms with Crippen LogP contribution in [0.25, 0.3) is 0 Å². The Bertz CT molecular complexity index is 592. The first kappa shape index (κ1) is 13.8. The molecule has 0 aromatic heterocycles. The number of rotatable bonds is 3. The number of hydrogen-bond donors (Lipinski definition) is 0. The highest BCUT2D eigenvalue weighted by Gasteiger charge is 2.02. The molecule has 19 heavy (non-hydrogen) atoms. The summed E-state index contributed by atoms with van der Waals surface area (Å²) in [5.41, 5.74) is 2.44. The highest BCUT2D eigenvalue weighted by Crippen LogP contribution is 2.32. The van der Waals surface area contributed by atoms with E-state index in [1.165, 1.54) is 0 Å². The van der Waals surface area contributed by atoms with Crippen molar-refractivity contribution in [3.63, 3.8) is 0 Å². The van der Waals surface area contributed by atoms with E-state index in [1.807, 2.05) is 43.3 Å². The minimum absolute atomic E-state index is 0.415. The van der Waals surface area contributed by atoms with E-state index in [-0.39, 0.29) is 0 Å². The maximum atomic E-state index is 6.03. The van der Waals surface area contributed by atoms with Crippen LogP contribution in [-0.4, -0.2) is 14.1 Å². The van der Waals surface area contributed by atoms with Gasteiger partial charge in [-0.05, 0) is 36.4 Å². The van der Waals surface area contributed by atoms with Crippen LogP contribution >= 0.6 is 23.2 Å². The highest BCUT2D eigenvalue weighted by molar-refractivity contribution is 6.43. The predicted molar refractivity (Wildman–Crippen MR) is 81.4 cm³/mol. The van der Waals surface area contributed by atoms with Crippen LogP contribution in [0.1, 0.15) is 0 Å². The summed E-state index contributed by atoms with van der Waals surface area (Å²) in [4.78, 5) is 2.02. The fourth-order valence-corrected chi connectivity index (χ4v) is 1.83. The molecule has 98 valence electrons. The summed E-state index contributed by atoms with van der Waals surface area (Å²) in [7, 11) is 3.98. The Morgan fingerprint density at radius 2 is 1.58 bits per heavy atom. The first-order valence-corrected chi connectivity index (χ1v) is 6.46. The predicted octanol–water partition coefficient (Wildman–Crippen LogP) is 5.47. The lowest BCUT2D eigenvalue weighted by atomic mass is 10.3. The second kappa shape index (κ2) is 6.04. The summed E-state index contributed by atoms with van der Waals surface area (Å²) in [6, 6.07) is 13.0. The van der Waals surface area contributed by atoms with E-state index < -0.39 is 0 Å². The molecular weight excluding hydrogens is 281 g/mol. The van der Waals surface area contributed by atoms with Crippen molar-refractivity contribution in [2.45, 2.75) is 0 Å². The van der Waals surface area contributed by atoms with Crippen molar-refractivity contribution in [3.8, 4) is 0 Å². The monoisotopic (exact) mass is 293 g/mol. The maximum Gasteiger partial charge on any atom is 0.106 e. The Morgan fingerprint density at radius 3 is 2.21 bits per heavy atom. The summed E-state index contributed by atoms with van der Waals surface area (Å²) in [5, 5.41) is 9.14. The smallest absolute Gasteiger partial charge is 0.106 e. The zero-order chi connectivity index (χ0) is 13.8. The van der Waals surface area contributed by atoms with E-state index in [9.17, 15) is 0 Å². The van der Waals surface area contributed by atoms with Gasteiger partial charge in [-0.3, -0.25) is 0 Å². The Morgan fingerprint density at radius 1 is 0.895 bits per heavy atom. The van der Waals surface area contributed by atoms with Crippen LogP contribution in [0.2, 0.25) is 10.0 Å². The Kier molecular flexibility index (Phi) is 4.40. The lowest BCUT2D eigenvalue weighted by Gasteiger charge is -2.11. The lowest BCUT2D eigenvalue weighted by molar-refractivity contribution is 1.13. The molecule has 0 atom stereocenters. The third-order valence-electron chi connectivity index (χ3n) is 2.57. The van der Waals surface area contributed by atoms with Crippen molar-refractivity contribution < 1.29 is 0 Å². The van der Waals surface area contributed by atoms with E-state index in [2.05, 4.69) is 10.2 Å². The van der Waals surface area contributed by atoms with Crippen LogP contribution in [0.5, 0.6) is 0 Å². The first-order chi connectivity index (χ1) is 9.08. The van der Waals surface area contributed by atoms with Crippen molar-refractivity contribution in [2.75, 3.05) is 19.0 Å². The molecule has 0 N–H and O–H groups in total. The van der Waals surface area contributed by atoms with Crippen LogP contribution in [-0.2, 0) is 0 Å². The van der Waals surface area contributed by atoms with Crippen LogP contribution in [0.4, 0.5) is 17.1 Å². The molecule has 2 aromatic carbocycles. The second-order valence-electron chi connectivity index (χ2n) is 4.18. The van der Waals surface area contributed by atoms with Gasteiger partial charge in [0, 0.05) is 19.8 Å². The molecule has 2 aromatic rings. The molecule has 3 nitrogen and oxygen atoms in total. The normalized spacial score (nSPS) is 10.9. The average molecular weight is 294 g/mol. The number of halogens is 2. The van der Waals surface area contributed by atoms with E-state index in [0.29, 0.717) is 15.7 Å². The maximum absolute atomic E-state index is 6.03. The van der Waals surface area contributed by atoms with Gasteiger partial charge in [0.15, 0.2) is 0 Å². The van der Waals surface area contributed by atoms with Crippen LogP contribution in [0.3, 0.4) is 0 Å². The first-order valence-electron chi connectivity index (χ1n) is 5.71. The van der Waals surface area contributed by atoms with E-state index in [0.717, 1.165) is 11.4 Å². The molecule has 0 fully saturated rings. The minimum Gasteiger partial charge on any atom is -0.378 e. The largest absolute Gasteiger partial charge is 0.378 e. The molecule has 5 heteroatoms. The third kappa shape index (κ3) is 3.46. The molecule has 0 radical (unpaired) electrons. The summed E-state index contributed by atoms with van der Waals surface area (Å²) in [5.74, 6) is 0. The average Bonchev–Trinajstić information content (AvgIpc) is 2.41. The molecular formula is C14H13Cl2N3. The topological polar surface area (TPSA) is 28.0 Å². The third-order valence-corrected chi connectivity index (χ3v) is 3.38. The standard InChI is InChI=1S/C14H13Cl2N3/c1-19(2)11-8-6-10(7-9-11)17-18-13-5-3-4-12(15)14(13)16/h3-9H,1-2H3. The Balaban J connectivity index is 2.20. The molecule has 0 aliphatic carbocycles. The lowest BCUT2D eigenvalue weighted by Crippen LogP contribution is -2.07. The summed E-state index contributed by atoms with van der Waals surface area (Å²) < 4.78 is 0. The Labute approximate surface area is 122 Å². The Hall–Kier alpha value is -1.58. The quantitative estimate of drug-likeness (QED) is 0.689. The van der Waals surface area contributed by atoms with Gasteiger partial charge in [0.2, 0.25) is 0 Å². The molecule has 0 aliphatic rings. The molecule has 0 aliphatic heterocycles. The van der Waals surface area contributed by atoms with Crippen LogP contribution in [0.15, 0.2) is 52.7 Å². The summed E-state index contributed by atoms with van der Waals surface area (Å²) in [6.45, 7) is 0. The van der Waals surface area contributed by atoms with E-state index in [4.69, 9.17) is 23.2 Å². The van der Waals surface area contributed by atoms with Gasteiger partial charge in [0.05, 0.1) is 15.7 Å². The molecule has 0 unspecified atom stereocenters. The van der Waals surface area contributed by atoms with Gasteiger partial charge < -0.3 is 4.90 Å². The van der Waals surface area contributed by atoms with Gasteiger partial charge >= 0.3 is 0 Å². The van der Waals surface area contributed by atoms with Crippen molar-refractivity contribution in [1.29, 1.82) is 0 Å². The zero-order valence-corrected chi connectivity index (χ0v) is 12.2. The van der Waals surface area contributed by atoms with Crippen molar-refractivity contribution in [1.82, 2.24) is 0 Å². The molecule has 0 heterocycles. The number of benzene rings is 2. The van der Waals surface area contributed by atoms with Gasteiger partial charge in [0.25, 0.3) is 0 Å². The van der Waals surface area contributed by atoms with Gasteiger partial charge in [-0.1, -0.05) is 29.3 Å². The molecule has 0 amide bonds. The molecule has 0 spiro atoms. The van der Waals surface area contributed by atoms with Crippen LogP contribution < -0.4 is 4.90 Å². The van der Waals surface area contributed by atoms with Gasteiger partial charge in [-0.25, -0.2) is 0 Å². The highest BCUT2D eigenvalue weighted by atomic mass is 35.5. The van der Waals surface area contributed by atoms with Gasteiger partial charge in [0.1, 0.15) is 5.69 Å². The number of azo groups is 1. The zero-order valence-electron chi connectivity index (χ0n) is 10.6. The fourth-order valence-electron chi connectivity index (χ4n) is 1.50.